The second-order valence-electron chi connectivity index (χ2n) is 5.82. The summed E-state index contributed by atoms with van der Waals surface area (Å²) in [4.78, 5) is 23.1. The number of rotatable bonds is 8. The van der Waals surface area contributed by atoms with Crippen LogP contribution in [0.4, 0.5) is 0 Å². The van der Waals surface area contributed by atoms with Gasteiger partial charge in [-0.15, -0.1) is 0 Å². The third-order valence-electron chi connectivity index (χ3n) is 2.79. The number of unbranched alkanes of at least 4 members (excludes halogenated alkanes) is 2. The van der Waals surface area contributed by atoms with Crippen LogP contribution in [0.5, 0.6) is 0 Å². The zero-order chi connectivity index (χ0) is 16.0. The number of esters is 1. The zero-order valence-electron chi connectivity index (χ0n) is 12.4. The van der Waals surface area contributed by atoms with Crippen molar-refractivity contribution in [1.82, 2.24) is 0 Å². The van der Waals surface area contributed by atoms with Crippen molar-refractivity contribution in [3.05, 3.63) is 0 Å². The molecule has 0 bridgehead atoms. The Labute approximate surface area is 119 Å². The Morgan fingerprint density at radius 3 is 2.15 bits per heavy atom. The Hall–Kier alpha value is -1.18. The number of ether oxygens (including phenoxy) is 1. The van der Waals surface area contributed by atoms with Gasteiger partial charge in [0.25, 0.3) is 5.60 Å². The predicted molar refractivity (Wildman–Crippen MR) is 73.9 cm³/mol. The Kier molecular flexibility index (Phi) is 7.12. The molecule has 0 aliphatic heterocycles. The van der Waals surface area contributed by atoms with Crippen molar-refractivity contribution in [2.75, 3.05) is 6.54 Å². The van der Waals surface area contributed by atoms with Gasteiger partial charge in [0.2, 0.25) is 0 Å². The van der Waals surface area contributed by atoms with E-state index >= 15 is 0 Å². The van der Waals surface area contributed by atoms with Crippen molar-refractivity contribution in [2.45, 2.75) is 63.7 Å². The van der Waals surface area contributed by atoms with E-state index in [9.17, 15) is 14.7 Å². The number of carbonyl (C=O) groups excluding carboxylic acids is 1. The summed E-state index contributed by atoms with van der Waals surface area (Å²) in [5, 5.41) is 19.2. The van der Waals surface area contributed by atoms with Crippen LogP contribution in [0.15, 0.2) is 0 Å². The Bertz CT molecular complexity index is 340. The standard InChI is InChI=1S/C13H26N2O5/c1-12(2,3)20-11(18)13(19,10(16)17)9(15)7-5-4-6-8-14/h9,19H,4-8,14-15H2,1-3H3,(H,16,17). The molecule has 0 aliphatic rings. The highest BCUT2D eigenvalue weighted by Crippen LogP contribution is 2.21. The molecule has 2 atom stereocenters. The maximum atomic E-state index is 11.9. The van der Waals surface area contributed by atoms with Gasteiger partial charge in [-0.1, -0.05) is 12.8 Å². The number of carbonyl (C=O) groups is 2. The quantitative estimate of drug-likeness (QED) is 0.280. The first-order valence-corrected chi connectivity index (χ1v) is 6.70. The van der Waals surface area contributed by atoms with Crippen LogP contribution in [0.3, 0.4) is 0 Å². The van der Waals surface area contributed by atoms with Crippen LogP contribution in [0.2, 0.25) is 0 Å². The lowest BCUT2D eigenvalue weighted by atomic mass is 9.90. The lowest BCUT2D eigenvalue weighted by Gasteiger charge is -2.31. The number of aliphatic carboxylic acids is 1. The summed E-state index contributed by atoms with van der Waals surface area (Å²) in [6, 6.07) is -1.23. The van der Waals surface area contributed by atoms with E-state index in [1.807, 2.05) is 0 Å². The van der Waals surface area contributed by atoms with Crippen LogP contribution in [-0.2, 0) is 14.3 Å². The second kappa shape index (κ2) is 7.56. The smallest absolute Gasteiger partial charge is 0.352 e. The minimum absolute atomic E-state index is 0.196. The van der Waals surface area contributed by atoms with Gasteiger partial charge < -0.3 is 26.4 Å². The molecule has 0 aromatic carbocycles. The molecule has 0 radical (unpaired) electrons. The van der Waals surface area contributed by atoms with Gasteiger partial charge in [-0.3, -0.25) is 0 Å². The van der Waals surface area contributed by atoms with Gasteiger partial charge in [0.05, 0.1) is 6.04 Å². The SMILES string of the molecule is CC(C)(C)OC(=O)C(O)(C(=O)O)C(N)CCCCCN. The lowest BCUT2D eigenvalue weighted by molar-refractivity contribution is -0.190. The summed E-state index contributed by atoms with van der Waals surface area (Å²) in [6.07, 6.45) is 2.32. The van der Waals surface area contributed by atoms with Gasteiger partial charge in [-0.05, 0) is 40.2 Å². The van der Waals surface area contributed by atoms with E-state index in [0.29, 0.717) is 13.0 Å². The highest BCUT2D eigenvalue weighted by molar-refractivity contribution is 6.03. The van der Waals surface area contributed by atoms with Gasteiger partial charge in [0.1, 0.15) is 5.60 Å². The van der Waals surface area contributed by atoms with Crippen molar-refractivity contribution in [3.63, 3.8) is 0 Å². The van der Waals surface area contributed by atoms with Crippen molar-refractivity contribution < 1.29 is 24.5 Å². The summed E-state index contributed by atoms with van der Waals surface area (Å²) in [7, 11) is 0. The third kappa shape index (κ3) is 5.44. The van der Waals surface area contributed by atoms with E-state index < -0.39 is 29.2 Å². The van der Waals surface area contributed by atoms with Crippen LogP contribution in [0, 0.1) is 0 Å². The van der Waals surface area contributed by atoms with Crippen molar-refractivity contribution in [2.24, 2.45) is 11.5 Å². The maximum absolute atomic E-state index is 11.9. The second-order valence-corrected chi connectivity index (χ2v) is 5.82. The minimum Gasteiger partial charge on any atom is -0.479 e. The highest BCUT2D eigenvalue weighted by atomic mass is 16.6. The summed E-state index contributed by atoms with van der Waals surface area (Å²) in [6.45, 7) is 5.28. The van der Waals surface area contributed by atoms with E-state index in [2.05, 4.69) is 0 Å². The molecule has 0 saturated carbocycles. The Morgan fingerprint density at radius 2 is 1.75 bits per heavy atom. The molecule has 20 heavy (non-hydrogen) atoms. The average molecular weight is 290 g/mol. The molecule has 6 N–H and O–H groups in total. The molecule has 7 heteroatoms. The zero-order valence-corrected chi connectivity index (χ0v) is 12.4. The Morgan fingerprint density at radius 1 is 1.20 bits per heavy atom. The van der Waals surface area contributed by atoms with E-state index in [1.54, 1.807) is 20.8 Å². The number of hydrogen-bond donors (Lipinski definition) is 4. The highest BCUT2D eigenvalue weighted by Gasteiger charge is 2.52. The number of carboxylic acids is 1. The van der Waals surface area contributed by atoms with Gasteiger partial charge >= 0.3 is 11.9 Å². The summed E-state index contributed by atoms with van der Waals surface area (Å²) < 4.78 is 4.94. The molecule has 2 unspecified atom stereocenters. The molecule has 0 aliphatic carbocycles. The number of carboxylic acid groups (broad SMARTS) is 1. The normalized spacial score (nSPS) is 16.3. The van der Waals surface area contributed by atoms with E-state index in [4.69, 9.17) is 21.3 Å². The molecule has 0 amide bonds. The van der Waals surface area contributed by atoms with Gasteiger partial charge in [0, 0.05) is 0 Å². The van der Waals surface area contributed by atoms with Crippen LogP contribution in [0.1, 0.15) is 46.5 Å². The van der Waals surface area contributed by atoms with Crippen LogP contribution >= 0.6 is 0 Å². The van der Waals surface area contributed by atoms with E-state index in [-0.39, 0.29) is 6.42 Å². The third-order valence-corrected chi connectivity index (χ3v) is 2.79. The molecular formula is C13H26N2O5. The number of nitrogens with two attached hydrogens (primary N) is 2. The van der Waals surface area contributed by atoms with Crippen molar-refractivity contribution in [1.29, 1.82) is 0 Å². The monoisotopic (exact) mass is 290 g/mol. The molecule has 7 nitrogen and oxygen atoms in total. The predicted octanol–water partition coefficient (Wildman–Crippen LogP) is -0.00980. The summed E-state index contributed by atoms with van der Waals surface area (Å²) in [5.41, 5.74) is 7.41. The molecule has 0 rings (SSSR count). The van der Waals surface area contributed by atoms with Gasteiger partial charge in [-0.2, -0.15) is 0 Å². The Balaban J connectivity index is 4.82. The molecular weight excluding hydrogens is 264 g/mol. The minimum atomic E-state index is -2.73. The molecule has 0 aromatic rings. The lowest BCUT2D eigenvalue weighted by Crippen LogP contribution is -2.61. The van der Waals surface area contributed by atoms with Crippen LogP contribution in [0.25, 0.3) is 0 Å². The van der Waals surface area contributed by atoms with E-state index in [1.165, 1.54) is 0 Å². The first-order valence-electron chi connectivity index (χ1n) is 6.70. The molecule has 0 heterocycles. The topological polar surface area (TPSA) is 136 Å². The van der Waals surface area contributed by atoms with Crippen LogP contribution in [-0.4, -0.2) is 45.9 Å². The molecule has 0 fully saturated rings. The fourth-order valence-electron chi connectivity index (χ4n) is 1.65. The first kappa shape index (κ1) is 18.8. The molecule has 118 valence electrons. The maximum Gasteiger partial charge on any atom is 0.352 e. The van der Waals surface area contributed by atoms with Gasteiger partial charge in [0.15, 0.2) is 0 Å². The molecule has 0 aromatic heterocycles. The van der Waals surface area contributed by atoms with Crippen LogP contribution < -0.4 is 11.5 Å². The fourth-order valence-corrected chi connectivity index (χ4v) is 1.65. The number of hydrogen-bond acceptors (Lipinski definition) is 6. The van der Waals surface area contributed by atoms with E-state index in [0.717, 1.165) is 12.8 Å². The summed E-state index contributed by atoms with van der Waals surface area (Å²) in [5.74, 6) is -2.93. The fraction of sp³-hybridized carbons (Fsp3) is 0.846. The van der Waals surface area contributed by atoms with Crippen molar-refractivity contribution in [3.8, 4) is 0 Å². The molecule has 0 saturated heterocycles. The van der Waals surface area contributed by atoms with Crippen molar-refractivity contribution >= 4 is 11.9 Å². The first-order chi connectivity index (χ1) is 9.05. The average Bonchev–Trinajstić information content (AvgIpc) is 2.30. The molecule has 0 spiro atoms. The largest absolute Gasteiger partial charge is 0.479 e. The van der Waals surface area contributed by atoms with Gasteiger partial charge in [-0.25, -0.2) is 9.59 Å². The summed E-state index contributed by atoms with van der Waals surface area (Å²) >= 11 is 0. The number of aliphatic hydroxyl groups is 1.